The molecule has 0 unspecified atom stereocenters. The largest absolute Gasteiger partial charge is 0.539 e. The highest BCUT2D eigenvalue weighted by Crippen LogP contribution is 2.52. The van der Waals surface area contributed by atoms with Gasteiger partial charge in [0.1, 0.15) is 5.95 Å². The fraction of sp³-hybridized carbons (Fsp3) is 0.526. The molecule has 1 spiro atoms. The lowest BCUT2D eigenvalue weighted by Gasteiger charge is -2.43. The van der Waals surface area contributed by atoms with Gasteiger partial charge in [-0.1, -0.05) is 28.9 Å². The zero-order chi connectivity index (χ0) is 19.2. The Morgan fingerprint density at radius 3 is 2.74 bits per heavy atom. The monoisotopic (exact) mass is 372 g/mol. The molecule has 0 saturated carbocycles. The number of hydrogen-bond acceptors (Lipinski definition) is 6. The molecule has 1 aromatic carbocycles. The van der Waals surface area contributed by atoms with Crippen LogP contribution in [0.1, 0.15) is 30.0 Å². The lowest BCUT2D eigenvalue weighted by molar-refractivity contribution is -0.751. The molecule has 0 radical (unpaired) electrons. The average molecular weight is 372 g/mol. The van der Waals surface area contributed by atoms with Gasteiger partial charge in [-0.15, -0.1) is 0 Å². The summed E-state index contributed by atoms with van der Waals surface area (Å²) in [6, 6.07) is 8.20. The van der Waals surface area contributed by atoms with Crippen molar-refractivity contribution >= 4 is 5.91 Å². The van der Waals surface area contributed by atoms with E-state index in [-0.39, 0.29) is 23.9 Å². The molecule has 1 aliphatic heterocycles. The highest BCUT2D eigenvalue weighted by Gasteiger charge is 2.53. The second-order valence-electron chi connectivity index (χ2n) is 7.70. The first-order chi connectivity index (χ1) is 12.9. The molecule has 1 saturated heterocycles. The Morgan fingerprint density at radius 1 is 1.41 bits per heavy atom. The van der Waals surface area contributed by atoms with Gasteiger partial charge >= 0.3 is 0 Å². The molecule has 4 rings (SSSR count). The number of amides is 1. The molecule has 8 nitrogen and oxygen atoms in total. The number of fused-ring (bicyclic) bond motifs is 2. The molecule has 144 valence electrons. The zero-order valence-corrected chi connectivity index (χ0v) is 15.5. The first-order valence-corrected chi connectivity index (χ1v) is 9.17. The van der Waals surface area contributed by atoms with Crippen molar-refractivity contribution in [3.63, 3.8) is 0 Å². The van der Waals surface area contributed by atoms with Crippen molar-refractivity contribution in [1.29, 1.82) is 0 Å². The summed E-state index contributed by atoms with van der Waals surface area (Å²) in [5.74, 6) is -0.672. The Balaban J connectivity index is 1.52. The molecule has 1 aromatic heterocycles. The third kappa shape index (κ3) is 2.89. The smallest absolute Gasteiger partial charge is 0.291 e. The summed E-state index contributed by atoms with van der Waals surface area (Å²) in [5, 5.41) is 25.8. The van der Waals surface area contributed by atoms with E-state index in [1.165, 1.54) is 22.0 Å². The van der Waals surface area contributed by atoms with Gasteiger partial charge in [0.15, 0.2) is 0 Å². The van der Waals surface area contributed by atoms with Crippen LogP contribution >= 0.6 is 0 Å². The Morgan fingerprint density at radius 2 is 2.11 bits per heavy atom. The molecular weight excluding hydrogens is 348 g/mol. The maximum atomic E-state index is 12.5. The molecule has 2 heterocycles. The number of carbonyl (C=O) groups is 1. The minimum Gasteiger partial charge on any atom is -0.539 e. The van der Waals surface area contributed by atoms with Crippen LogP contribution in [0.4, 0.5) is 0 Å². The summed E-state index contributed by atoms with van der Waals surface area (Å²) in [7, 11) is 3.98. The molecule has 2 atom stereocenters. The second-order valence-corrected chi connectivity index (χ2v) is 7.70. The fourth-order valence-electron chi connectivity index (χ4n) is 4.70. The minimum atomic E-state index is -0.569. The Bertz CT molecular complexity index is 842. The average Bonchev–Trinajstić information content (AvgIpc) is 3.16. The van der Waals surface area contributed by atoms with Gasteiger partial charge < -0.3 is 24.5 Å². The summed E-state index contributed by atoms with van der Waals surface area (Å²) in [6.07, 6.45) is 2.08. The molecule has 2 aliphatic rings. The van der Waals surface area contributed by atoms with Gasteiger partial charge in [-0.2, -0.15) is 0 Å². The van der Waals surface area contributed by atoms with Crippen LogP contribution in [0.3, 0.4) is 0 Å². The first-order valence-electron chi connectivity index (χ1n) is 9.17. The number of aromatic nitrogens is 2. The lowest BCUT2D eigenvalue weighted by Crippen LogP contribution is -2.53. The maximum Gasteiger partial charge on any atom is 0.291 e. The van der Waals surface area contributed by atoms with E-state index < -0.39 is 12.1 Å². The SMILES string of the molecule is CN(C)[C@@H]1c2ccccc2C2(CCN(C(=O)C[n+]3cc([O-])on3)CC2)[C@H]1O. The highest BCUT2D eigenvalue weighted by molar-refractivity contribution is 5.74. The van der Waals surface area contributed by atoms with Crippen molar-refractivity contribution in [3.05, 3.63) is 41.6 Å². The maximum absolute atomic E-state index is 12.5. The van der Waals surface area contributed by atoms with Gasteiger partial charge in [0.2, 0.25) is 6.20 Å². The molecule has 0 bridgehead atoms. The number of likely N-dealkylation sites (tertiary alicyclic amines) is 1. The number of hydrogen-bond donors (Lipinski definition) is 1. The Labute approximate surface area is 157 Å². The van der Waals surface area contributed by atoms with Crippen molar-refractivity contribution in [1.82, 2.24) is 15.1 Å². The summed E-state index contributed by atoms with van der Waals surface area (Å²) < 4.78 is 5.68. The van der Waals surface area contributed by atoms with Gasteiger partial charge in [0.25, 0.3) is 12.5 Å². The third-order valence-electron chi connectivity index (χ3n) is 6.03. The van der Waals surface area contributed by atoms with E-state index in [9.17, 15) is 15.0 Å². The summed E-state index contributed by atoms with van der Waals surface area (Å²) in [4.78, 5) is 16.4. The number of nitrogens with zero attached hydrogens (tertiary/aromatic N) is 4. The number of carbonyl (C=O) groups excluding carboxylic acids is 1. The van der Waals surface area contributed by atoms with Gasteiger partial charge in [-0.05, 0) is 38.1 Å². The number of piperidine rings is 1. The molecular formula is C19H24N4O4. The Kier molecular flexibility index (Phi) is 4.39. The van der Waals surface area contributed by atoms with Crippen LogP contribution in [0, 0.1) is 0 Å². The van der Waals surface area contributed by atoms with E-state index in [4.69, 9.17) is 0 Å². The first kappa shape index (κ1) is 17.9. The van der Waals surface area contributed by atoms with Crippen LogP contribution in [0.15, 0.2) is 35.0 Å². The van der Waals surface area contributed by atoms with Gasteiger partial charge in [0, 0.05) is 18.5 Å². The number of aliphatic hydroxyl groups excluding tert-OH is 1. The van der Waals surface area contributed by atoms with Crippen molar-refractivity contribution in [2.75, 3.05) is 27.2 Å². The fourth-order valence-corrected chi connectivity index (χ4v) is 4.70. The Hall–Kier alpha value is -2.45. The number of likely N-dealkylation sites (N-methyl/N-ethyl adjacent to an activating group) is 1. The van der Waals surface area contributed by atoms with Gasteiger partial charge in [-0.25, -0.2) is 0 Å². The van der Waals surface area contributed by atoms with Crippen LogP contribution in [0.25, 0.3) is 0 Å². The van der Waals surface area contributed by atoms with E-state index in [0.717, 1.165) is 0 Å². The van der Waals surface area contributed by atoms with Crippen LogP contribution in [-0.2, 0) is 16.8 Å². The van der Waals surface area contributed by atoms with E-state index in [1.54, 1.807) is 4.90 Å². The van der Waals surface area contributed by atoms with E-state index in [0.29, 0.717) is 25.9 Å². The zero-order valence-electron chi connectivity index (χ0n) is 15.5. The van der Waals surface area contributed by atoms with E-state index in [2.05, 4.69) is 26.8 Å². The van der Waals surface area contributed by atoms with E-state index in [1.807, 2.05) is 26.2 Å². The molecule has 1 fully saturated rings. The van der Waals surface area contributed by atoms with Crippen LogP contribution in [0.5, 0.6) is 5.95 Å². The normalized spacial score (nSPS) is 23.8. The van der Waals surface area contributed by atoms with Gasteiger partial charge in [0.05, 0.1) is 17.4 Å². The summed E-state index contributed by atoms with van der Waals surface area (Å²) in [6.45, 7) is 1.11. The standard InChI is InChI=1S/C19H24N4O4/c1-21(2)17-13-5-3-4-6-14(13)19(18(17)26)7-9-22(10-8-19)15(24)11-23-12-16(25)27-20-23/h3-6,12,17-18,26H,7-11H2,1-2H3/t17-,18+/m1/s1. The summed E-state index contributed by atoms with van der Waals surface area (Å²) in [5.41, 5.74) is 2.05. The number of rotatable bonds is 3. The highest BCUT2D eigenvalue weighted by atomic mass is 16.6. The minimum absolute atomic E-state index is 0.0157. The van der Waals surface area contributed by atoms with Crippen LogP contribution < -0.4 is 9.79 Å². The van der Waals surface area contributed by atoms with Crippen molar-refractivity contribution in [3.8, 4) is 5.95 Å². The van der Waals surface area contributed by atoms with Gasteiger partial charge in [-0.3, -0.25) is 4.79 Å². The van der Waals surface area contributed by atoms with Crippen molar-refractivity contribution < 1.29 is 24.2 Å². The predicted molar refractivity (Wildman–Crippen MR) is 92.5 cm³/mol. The number of aliphatic hydroxyl groups is 1. The van der Waals surface area contributed by atoms with Crippen LogP contribution in [0.2, 0.25) is 0 Å². The molecule has 1 amide bonds. The topological polar surface area (TPSA) is 96.8 Å². The quantitative estimate of drug-likeness (QED) is 0.735. The van der Waals surface area contributed by atoms with Crippen molar-refractivity contribution in [2.24, 2.45) is 0 Å². The lowest BCUT2D eigenvalue weighted by atomic mass is 9.72. The number of benzene rings is 1. The molecule has 27 heavy (non-hydrogen) atoms. The van der Waals surface area contributed by atoms with Crippen LogP contribution in [-0.4, -0.2) is 59.4 Å². The molecule has 8 heteroatoms. The summed E-state index contributed by atoms with van der Waals surface area (Å²) >= 11 is 0. The second kappa shape index (κ2) is 6.61. The van der Waals surface area contributed by atoms with Crippen molar-refractivity contribution in [2.45, 2.75) is 36.9 Å². The van der Waals surface area contributed by atoms with E-state index >= 15 is 0 Å². The molecule has 1 N–H and O–H groups in total. The predicted octanol–water partition coefficient (Wildman–Crippen LogP) is -0.427. The third-order valence-corrected chi connectivity index (χ3v) is 6.03. The molecule has 2 aromatic rings. The molecule has 1 aliphatic carbocycles.